The van der Waals surface area contributed by atoms with Gasteiger partial charge in [-0.15, -0.1) is 0 Å². The lowest BCUT2D eigenvalue weighted by atomic mass is 10.0. The Hall–Kier alpha value is -2.01. The van der Waals surface area contributed by atoms with E-state index in [0.29, 0.717) is 6.04 Å². The minimum Gasteiger partial charge on any atom is -0.356 e. The molecule has 1 N–H and O–H groups in total. The summed E-state index contributed by atoms with van der Waals surface area (Å²) < 4.78 is 0. The molecule has 0 unspecified atom stereocenters. The van der Waals surface area contributed by atoms with Crippen LogP contribution in [0, 0.1) is 6.92 Å². The van der Waals surface area contributed by atoms with E-state index in [9.17, 15) is 0 Å². The summed E-state index contributed by atoms with van der Waals surface area (Å²) in [7, 11) is 0. The predicted molar refractivity (Wildman–Crippen MR) is 102 cm³/mol. The maximum Gasteiger partial charge on any atom is 0.132 e. The fourth-order valence-electron chi connectivity index (χ4n) is 3.44. The van der Waals surface area contributed by atoms with E-state index in [1.165, 1.54) is 24.1 Å². The SMILES string of the molecule is CCCc1cc(N2CCC(NCCc3ccncc3)CC2)nc(C)n1. The van der Waals surface area contributed by atoms with Crippen molar-refractivity contribution in [1.29, 1.82) is 0 Å². The van der Waals surface area contributed by atoms with Gasteiger partial charge in [0.2, 0.25) is 0 Å². The number of aryl methyl sites for hydroxylation is 2. The van der Waals surface area contributed by atoms with Crippen LogP contribution in [0.25, 0.3) is 0 Å². The molecule has 134 valence electrons. The van der Waals surface area contributed by atoms with Gasteiger partial charge in [-0.1, -0.05) is 13.3 Å². The van der Waals surface area contributed by atoms with Crippen molar-refractivity contribution >= 4 is 5.82 Å². The van der Waals surface area contributed by atoms with E-state index < -0.39 is 0 Å². The van der Waals surface area contributed by atoms with Crippen LogP contribution >= 0.6 is 0 Å². The van der Waals surface area contributed by atoms with Crippen LogP contribution in [-0.4, -0.2) is 40.6 Å². The lowest BCUT2D eigenvalue weighted by Gasteiger charge is -2.33. The van der Waals surface area contributed by atoms with Crippen LogP contribution in [0.15, 0.2) is 30.6 Å². The van der Waals surface area contributed by atoms with Crippen molar-refractivity contribution in [3.05, 3.63) is 47.7 Å². The van der Waals surface area contributed by atoms with Crippen molar-refractivity contribution in [2.75, 3.05) is 24.5 Å². The molecule has 0 saturated carbocycles. The number of nitrogens with one attached hydrogen (secondary N) is 1. The Bertz CT molecular complexity index is 650. The first-order chi connectivity index (χ1) is 12.2. The molecule has 3 heterocycles. The Labute approximate surface area is 150 Å². The van der Waals surface area contributed by atoms with Crippen molar-refractivity contribution in [2.45, 2.75) is 52.0 Å². The van der Waals surface area contributed by atoms with Crippen molar-refractivity contribution in [3.8, 4) is 0 Å². The van der Waals surface area contributed by atoms with Gasteiger partial charge in [0, 0.05) is 43.3 Å². The van der Waals surface area contributed by atoms with Crippen LogP contribution < -0.4 is 10.2 Å². The number of hydrogen-bond acceptors (Lipinski definition) is 5. The van der Waals surface area contributed by atoms with Gasteiger partial charge in [0.25, 0.3) is 0 Å². The Morgan fingerprint density at radius 3 is 2.60 bits per heavy atom. The fourth-order valence-corrected chi connectivity index (χ4v) is 3.44. The number of hydrogen-bond donors (Lipinski definition) is 1. The molecule has 1 aliphatic rings. The first kappa shape index (κ1) is 17.8. The van der Waals surface area contributed by atoms with Crippen LogP contribution in [0.1, 0.15) is 43.3 Å². The molecule has 3 rings (SSSR count). The van der Waals surface area contributed by atoms with Crippen LogP contribution in [0.3, 0.4) is 0 Å². The van der Waals surface area contributed by atoms with E-state index >= 15 is 0 Å². The number of rotatable bonds is 7. The Kier molecular flexibility index (Phi) is 6.34. The molecule has 25 heavy (non-hydrogen) atoms. The molecule has 1 fully saturated rings. The second-order valence-electron chi connectivity index (χ2n) is 6.84. The number of piperidine rings is 1. The summed E-state index contributed by atoms with van der Waals surface area (Å²) in [5.74, 6) is 1.99. The van der Waals surface area contributed by atoms with E-state index in [1.807, 2.05) is 19.3 Å². The second-order valence-corrected chi connectivity index (χ2v) is 6.84. The molecule has 2 aromatic heterocycles. The molecule has 0 radical (unpaired) electrons. The van der Waals surface area contributed by atoms with Crippen molar-refractivity contribution in [3.63, 3.8) is 0 Å². The zero-order valence-electron chi connectivity index (χ0n) is 15.4. The van der Waals surface area contributed by atoms with Gasteiger partial charge in [0.05, 0.1) is 0 Å². The number of pyridine rings is 1. The Morgan fingerprint density at radius 1 is 1.12 bits per heavy atom. The summed E-state index contributed by atoms with van der Waals surface area (Å²) >= 11 is 0. The van der Waals surface area contributed by atoms with Gasteiger partial charge in [-0.25, -0.2) is 9.97 Å². The topological polar surface area (TPSA) is 53.9 Å². The molecule has 0 spiro atoms. The largest absolute Gasteiger partial charge is 0.356 e. The molecule has 0 amide bonds. The molecule has 0 aromatic carbocycles. The first-order valence-corrected chi connectivity index (χ1v) is 9.46. The maximum absolute atomic E-state index is 4.66. The van der Waals surface area contributed by atoms with Crippen LogP contribution in [0.5, 0.6) is 0 Å². The van der Waals surface area contributed by atoms with E-state index in [0.717, 1.165) is 50.5 Å². The molecular weight excluding hydrogens is 310 g/mol. The predicted octanol–water partition coefficient (Wildman–Crippen LogP) is 2.93. The molecule has 1 aliphatic heterocycles. The molecule has 0 aliphatic carbocycles. The van der Waals surface area contributed by atoms with Gasteiger partial charge >= 0.3 is 0 Å². The molecular formula is C20H29N5. The minimum atomic E-state index is 0.608. The van der Waals surface area contributed by atoms with Crippen molar-refractivity contribution in [2.24, 2.45) is 0 Å². The second kappa shape index (κ2) is 8.90. The zero-order chi connectivity index (χ0) is 17.5. The first-order valence-electron chi connectivity index (χ1n) is 9.46. The van der Waals surface area contributed by atoms with Gasteiger partial charge in [0.1, 0.15) is 11.6 Å². The van der Waals surface area contributed by atoms with E-state index in [1.54, 1.807) is 0 Å². The van der Waals surface area contributed by atoms with Gasteiger partial charge in [0.15, 0.2) is 0 Å². The Morgan fingerprint density at radius 2 is 1.88 bits per heavy atom. The van der Waals surface area contributed by atoms with Gasteiger partial charge < -0.3 is 10.2 Å². The average molecular weight is 339 g/mol. The minimum absolute atomic E-state index is 0.608. The third kappa shape index (κ3) is 5.23. The van der Waals surface area contributed by atoms with Crippen molar-refractivity contribution < 1.29 is 0 Å². The normalized spacial score (nSPS) is 15.5. The highest BCUT2D eigenvalue weighted by Crippen LogP contribution is 2.19. The highest BCUT2D eigenvalue weighted by molar-refractivity contribution is 5.40. The molecule has 2 aromatic rings. The van der Waals surface area contributed by atoms with Crippen LogP contribution in [0.2, 0.25) is 0 Å². The molecule has 5 nitrogen and oxygen atoms in total. The van der Waals surface area contributed by atoms with Gasteiger partial charge in [-0.05, 0) is 56.8 Å². The summed E-state index contributed by atoms with van der Waals surface area (Å²) in [6.07, 6.45) is 9.29. The monoisotopic (exact) mass is 339 g/mol. The number of aromatic nitrogens is 3. The van der Waals surface area contributed by atoms with Crippen LogP contribution in [0.4, 0.5) is 5.82 Å². The number of nitrogens with zero attached hydrogens (tertiary/aromatic N) is 4. The lowest BCUT2D eigenvalue weighted by Crippen LogP contribution is -2.43. The van der Waals surface area contributed by atoms with Crippen LogP contribution in [-0.2, 0) is 12.8 Å². The molecule has 0 bridgehead atoms. The quantitative estimate of drug-likeness (QED) is 0.840. The summed E-state index contributed by atoms with van der Waals surface area (Å²) in [5, 5.41) is 3.71. The van der Waals surface area contributed by atoms with Gasteiger partial charge in [-0.2, -0.15) is 0 Å². The van der Waals surface area contributed by atoms with E-state index in [4.69, 9.17) is 0 Å². The summed E-state index contributed by atoms with van der Waals surface area (Å²) in [4.78, 5) is 15.7. The molecule has 1 saturated heterocycles. The molecule has 0 atom stereocenters. The van der Waals surface area contributed by atoms with E-state index in [-0.39, 0.29) is 0 Å². The summed E-state index contributed by atoms with van der Waals surface area (Å²) in [6, 6.07) is 6.97. The third-order valence-corrected chi connectivity index (χ3v) is 4.80. The standard InChI is InChI=1S/C20H29N5/c1-3-4-19-15-20(24-16(2)23-19)25-13-8-18(9-14-25)22-12-7-17-5-10-21-11-6-17/h5-6,10-11,15,18,22H,3-4,7-9,12-14H2,1-2H3. The average Bonchev–Trinajstić information content (AvgIpc) is 2.63. The van der Waals surface area contributed by atoms with Crippen molar-refractivity contribution in [1.82, 2.24) is 20.3 Å². The zero-order valence-corrected chi connectivity index (χ0v) is 15.4. The van der Waals surface area contributed by atoms with Gasteiger partial charge in [-0.3, -0.25) is 4.98 Å². The number of anilines is 1. The highest BCUT2D eigenvalue weighted by Gasteiger charge is 2.20. The fraction of sp³-hybridized carbons (Fsp3) is 0.550. The Balaban J connectivity index is 1.47. The summed E-state index contributed by atoms with van der Waals surface area (Å²) in [6.45, 7) is 7.35. The maximum atomic E-state index is 4.66. The lowest BCUT2D eigenvalue weighted by molar-refractivity contribution is 0.416. The third-order valence-electron chi connectivity index (χ3n) is 4.80. The smallest absolute Gasteiger partial charge is 0.132 e. The summed E-state index contributed by atoms with van der Waals surface area (Å²) in [5.41, 5.74) is 2.52. The van der Waals surface area contributed by atoms with E-state index in [2.05, 4.69) is 50.3 Å². The highest BCUT2D eigenvalue weighted by atomic mass is 15.2. The molecule has 5 heteroatoms.